The van der Waals surface area contributed by atoms with Gasteiger partial charge < -0.3 is 10.6 Å². The summed E-state index contributed by atoms with van der Waals surface area (Å²) in [5.41, 5.74) is 0.985. The average Bonchev–Trinajstić information content (AvgIpc) is 3.48. The van der Waals surface area contributed by atoms with Gasteiger partial charge in [-0.15, -0.1) is 11.3 Å². The zero-order valence-electron chi connectivity index (χ0n) is 20.6. The lowest BCUT2D eigenvalue weighted by atomic mass is 9.81. The van der Waals surface area contributed by atoms with Crippen LogP contribution in [0.5, 0.6) is 0 Å². The van der Waals surface area contributed by atoms with E-state index < -0.39 is 0 Å². The Bertz CT molecular complexity index is 1400. The van der Waals surface area contributed by atoms with E-state index in [1.54, 1.807) is 29.3 Å². The maximum Gasteiger partial charge on any atom is 0.226 e. The minimum atomic E-state index is 0.316. The summed E-state index contributed by atoms with van der Waals surface area (Å²) < 4.78 is 1.14. The molecule has 11 heteroatoms. The summed E-state index contributed by atoms with van der Waals surface area (Å²) in [5, 5.41) is 24.5. The van der Waals surface area contributed by atoms with Crippen molar-refractivity contribution >= 4 is 50.9 Å². The summed E-state index contributed by atoms with van der Waals surface area (Å²) in [6.07, 6.45) is 10.0. The van der Waals surface area contributed by atoms with E-state index in [9.17, 15) is 0 Å². The van der Waals surface area contributed by atoms with Gasteiger partial charge in [-0.05, 0) is 50.8 Å². The molecule has 0 spiro atoms. The largest absolute Gasteiger partial charge is 0.351 e. The predicted octanol–water partition coefficient (Wildman–Crippen LogP) is 5.72. The Labute approximate surface area is 224 Å². The number of nitriles is 1. The molecule has 2 bridgehead atoms. The summed E-state index contributed by atoms with van der Waals surface area (Å²) >= 11 is 3.34. The zero-order valence-corrected chi connectivity index (χ0v) is 22.3. The van der Waals surface area contributed by atoms with Crippen LogP contribution >= 0.6 is 23.1 Å². The van der Waals surface area contributed by atoms with Crippen molar-refractivity contribution in [3.8, 4) is 6.07 Å². The van der Waals surface area contributed by atoms with E-state index in [1.165, 1.54) is 19.3 Å². The fourth-order valence-corrected chi connectivity index (χ4v) is 7.69. The summed E-state index contributed by atoms with van der Waals surface area (Å²) in [7, 11) is 0. The van der Waals surface area contributed by atoms with E-state index >= 15 is 0 Å². The summed E-state index contributed by atoms with van der Waals surface area (Å²) in [6, 6.07) is 11.8. The van der Waals surface area contributed by atoms with Crippen LogP contribution in [0, 0.1) is 18.3 Å². The molecule has 6 rings (SSSR count). The molecule has 6 heterocycles. The highest BCUT2D eigenvalue weighted by molar-refractivity contribution is 8.01. The molecular weight excluding hydrogens is 502 g/mol. The summed E-state index contributed by atoms with van der Waals surface area (Å²) in [5.74, 6) is 2.13. The van der Waals surface area contributed by atoms with Crippen LogP contribution in [-0.2, 0) is 0 Å². The number of rotatable bonds is 8. The Morgan fingerprint density at radius 2 is 2.11 bits per heavy atom. The van der Waals surface area contributed by atoms with Crippen LogP contribution < -0.4 is 10.6 Å². The molecule has 0 aromatic carbocycles. The SMILES string of the molecule is Cc1cc(Nc2nc(NC3C[C@H]4CCC[C@@H](C3)N4CCC#N)nc3sc(Sc4cccnc4)cc23)n[nH]1. The van der Waals surface area contributed by atoms with Crippen molar-refractivity contribution in [3.63, 3.8) is 0 Å². The first-order valence-corrected chi connectivity index (χ1v) is 14.4. The number of pyridine rings is 1. The minimum absolute atomic E-state index is 0.316. The van der Waals surface area contributed by atoms with Gasteiger partial charge in [-0.1, -0.05) is 18.2 Å². The lowest BCUT2D eigenvalue weighted by Gasteiger charge is -2.48. The molecule has 190 valence electrons. The van der Waals surface area contributed by atoms with Gasteiger partial charge in [0.2, 0.25) is 5.95 Å². The Morgan fingerprint density at radius 3 is 2.84 bits per heavy atom. The third kappa shape index (κ3) is 5.42. The van der Waals surface area contributed by atoms with Crippen molar-refractivity contribution in [3.05, 3.63) is 42.4 Å². The van der Waals surface area contributed by atoms with Gasteiger partial charge in [-0.3, -0.25) is 15.0 Å². The third-order valence-corrected chi connectivity index (χ3v) is 9.24. The van der Waals surface area contributed by atoms with Crippen molar-refractivity contribution in [1.29, 1.82) is 5.26 Å². The number of aromatic nitrogens is 5. The molecule has 4 aromatic heterocycles. The van der Waals surface area contributed by atoms with Gasteiger partial charge in [-0.25, -0.2) is 4.98 Å². The van der Waals surface area contributed by atoms with Gasteiger partial charge in [0.15, 0.2) is 5.82 Å². The topological polar surface area (TPSA) is 118 Å². The maximum absolute atomic E-state index is 9.09. The van der Waals surface area contributed by atoms with E-state index in [-0.39, 0.29) is 0 Å². The van der Waals surface area contributed by atoms with E-state index in [4.69, 9.17) is 15.2 Å². The Kier molecular flexibility index (Phi) is 6.95. The Hall–Kier alpha value is -3.20. The molecule has 0 radical (unpaired) electrons. The Balaban J connectivity index is 1.27. The lowest BCUT2D eigenvalue weighted by molar-refractivity contribution is 0.0369. The van der Waals surface area contributed by atoms with E-state index in [2.05, 4.69) is 48.9 Å². The second-order valence-electron chi connectivity index (χ2n) is 9.73. The molecule has 2 saturated heterocycles. The van der Waals surface area contributed by atoms with Crippen molar-refractivity contribution in [2.24, 2.45) is 0 Å². The van der Waals surface area contributed by atoms with Gasteiger partial charge in [-0.2, -0.15) is 15.3 Å². The highest BCUT2D eigenvalue weighted by atomic mass is 32.2. The number of anilines is 3. The van der Waals surface area contributed by atoms with Crippen LogP contribution in [0.25, 0.3) is 10.2 Å². The number of H-pyrrole nitrogens is 1. The lowest BCUT2D eigenvalue weighted by Crippen LogP contribution is -2.55. The molecule has 0 aliphatic carbocycles. The third-order valence-electron chi connectivity index (χ3n) is 7.12. The first-order valence-electron chi connectivity index (χ1n) is 12.7. The second-order valence-corrected chi connectivity index (χ2v) is 12.1. The number of fused-ring (bicyclic) bond motifs is 3. The maximum atomic E-state index is 9.09. The number of aromatic amines is 1. The molecule has 9 nitrogen and oxygen atoms in total. The summed E-state index contributed by atoms with van der Waals surface area (Å²) in [4.78, 5) is 18.7. The number of nitrogens with one attached hydrogen (secondary N) is 3. The number of hydrogen-bond acceptors (Lipinski definition) is 10. The van der Waals surface area contributed by atoms with Gasteiger partial charge >= 0.3 is 0 Å². The van der Waals surface area contributed by atoms with Gasteiger partial charge in [0.05, 0.1) is 15.7 Å². The standard InChI is InChI=1S/C26H29N9S2/c1-16-11-22(34-33-16)30-24-21-14-23(36-20-7-3-9-28-15-20)37-25(21)32-26(31-24)29-17-12-18-5-2-6-19(13-17)35(18)10-4-8-27/h3,7,9,11,14-15,17-19H,2,4-6,10,12-13H2,1H3,(H3,29,30,31,32,33,34)/t17?,18-,19+. The fraction of sp³-hybridized carbons (Fsp3) is 0.423. The first-order chi connectivity index (χ1) is 18.1. The van der Waals surface area contributed by atoms with Crippen LogP contribution in [0.4, 0.5) is 17.6 Å². The van der Waals surface area contributed by atoms with Crippen LogP contribution in [0.15, 0.2) is 45.8 Å². The fourth-order valence-electron chi connectivity index (χ4n) is 5.56. The van der Waals surface area contributed by atoms with Crippen LogP contribution in [0.3, 0.4) is 0 Å². The average molecular weight is 532 g/mol. The van der Waals surface area contributed by atoms with E-state index in [1.807, 2.05) is 25.3 Å². The zero-order chi connectivity index (χ0) is 25.2. The first kappa shape index (κ1) is 24.2. The predicted molar refractivity (Wildman–Crippen MR) is 147 cm³/mol. The van der Waals surface area contributed by atoms with Crippen LogP contribution in [-0.4, -0.2) is 54.7 Å². The monoisotopic (exact) mass is 531 g/mol. The number of aryl methyl sites for hydroxylation is 1. The van der Waals surface area contributed by atoms with Crippen LogP contribution in [0.1, 0.15) is 44.2 Å². The van der Waals surface area contributed by atoms with Gasteiger partial charge in [0.25, 0.3) is 0 Å². The highest BCUT2D eigenvalue weighted by Gasteiger charge is 2.38. The Morgan fingerprint density at radius 1 is 1.24 bits per heavy atom. The molecule has 0 amide bonds. The molecule has 37 heavy (non-hydrogen) atoms. The van der Waals surface area contributed by atoms with Crippen molar-refractivity contribution in [1.82, 2.24) is 30.0 Å². The number of hydrogen-bond donors (Lipinski definition) is 3. The van der Waals surface area contributed by atoms with E-state index in [0.717, 1.165) is 56.0 Å². The van der Waals surface area contributed by atoms with Crippen LogP contribution in [0.2, 0.25) is 0 Å². The number of piperidine rings is 2. The molecule has 4 aromatic rings. The molecule has 0 saturated carbocycles. The molecular formula is C26H29N9S2. The smallest absolute Gasteiger partial charge is 0.226 e. The quantitative estimate of drug-likeness (QED) is 0.262. The van der Waals surface area contributed by atoms with Crippen molar-refractivity contribution < 1.29 is 0 Å². The van der Waals surface area contributed by atoms with Gasteiger partial charge in [0, 0.05) is 60.1 Å². The van der Waals surface area contributed by atoms with Crippen molar-refractivity contribution in [2.45, 2.75) is 72.7 Å². The number of nitrogens with zero attached hydrogens (tertiary/aromatic N) is 6. The molecule has 3 atom stereocenters. The highest BCUT2D eigenvalue weighted by Crippen LogP contribution is 2.40. The minimum Gasteiger partial charge on any atom is -0.351 e. The summed E-state index contributed by atoms with van der Waals surface area (Å²) in [6.45, 7) is 2.86. The number of thiophene rings is 1. The second kappa shape index (κ2) is 10.7. The molecule has 3 N–H and O–H groups in total. The molecule has 2 aliphatic heterocycles. The van der Waals surface area contributed by atoms with E-state index in [0.29, 0.717) is 30.5 Å². The molecule has 2 aliphatic rings. The molecule has 2 fully saturated rings. The normalized spacial score (nSPS) is 21.6. The molecule has 1 unspecified atom stereocenters. The van der Waals surface area contributed by atoms with Crippen molar-refractivity contribution in [2.75, 3.05) is 17.2 Å². The van der Waals surface area contributed by atoms with Gasteiger partial charge in [0.1, 0.15) is 10.6 Å².